The lowest BCUT2D eigenvalue weighted by Crippen LogP contribution is -2.12. The van der Waals surface area contributed by atoms with Crippen molar-refractivity contribution in [1.82, 2.24) is 0 Å². The van der Waals surface area contributed by atoms with Crippen LogP contribution >= 0.6 is 0 Å². The van der Waals surface area contributed by atoms with Crippen LogP contribution in [-0.4, -0.2) is 34.5 Å². The maximum absolute atomic E-state index is 13.2. The fourth-order valence-electron chi connectivity index (χ4n) is 1.31. The normalized spacial score (nSPS) is 11.7. The number of hydrogen-bond donors (Lipinski definition) is 0. The lowest BCUT2D eigenvalue weighted by molar-refractivity contribution is 0.206. The molecule has 1 aromatic carbocycles. The molecule has 0 atom stereocenters. The van der Waals surface area contributed by atoms with E-state index in [1.54, 1.807) is 0 Å². The smallest absolute Gasteiger partial charge is 0.264 e. The van der Waals surface area contributed by atoms with Gasteiger partial charge in [-0.1, -0.05) is 13.8 Å². The molecule has 0 heterocycles. The Bertz CT molecular complexity index is 528. The summed E-state index contributed by atoms with van der Waals surface area (Å²) >= 11 is 0. The largest absolute Gasteiger partial charge is 0.489 e. The second-order valence-corrected chi connectivity index (χ2v) is 6.31. The Kier molecular flexibility index (Phi) is 6.22. The van der Waals surface area contributed by atoms with Crippen LogP contribution in [0.2, 0.25) is 0 Å². The molecule has 1 rings (SSSR count). The third-order valence-corrected chi connectivity index (χ3v) is 2.71. The average Bonchev–Trinajstić information content (AvgIpc) is 2.32. The van der Waals surface area contributed by atoms with E-state index in [4.69, 9.17) is 9.47 Å². The van der Waals surface area contributed by atoms with E-state index in [9.17, 15) is 12.8 Å². The average molecular weight is 306 g/mol. The van der Waals surface area contributed by atoms with Crippen molar-refractivity contribution in [3.63, 3.8) is 0 Å². The van der Waals surface area contributed by atoms with Crippen molar-refractivity contribution >= 4 is 10.1 Å². The van der Waals surface area contributed by atoms with E-state index in [1.165, 1.54) is 18.2 Å². The molecule has 1 aromatic rings. The quantitative estimate of drug-likeness (QED) is 0.544. The topological polar surface area (TPSA) is 61.8 Å². The maximum atomic E-state index is 13.2. The highest BCUT2D eigenvalue weighted by molar-refractivity contribution is 7.85. The van der Waals surface area contributed by atoms with Crippen LogP contribution in [0.4, 0.5) is 4.39 Å². The fourth-order valence-corrected chi connectivity index (χ4v) is 1.68. The Labute approximate surface area is 118 Å². The SMILES string of the molecule is CC(C)COc1cc(F)ccc1OCCOS(C)(=O)=O. The molecule has 7 heteroatoms. The Morgan fingerprint density at radius 2 is 1.85 bits per heavy atom. The third-order valence-electron chi connectivity index (χ3n) is 2.12. The van der Waals surface area contributed by atoms with Gasteiger partial charge in [-0.25, -0.2) is 4.39 Å². The van der Waals surface area contributed by atoms with Gasteiger partial charge in [0.25, 0.3) is 10.1 Å². The number of benzene rings is 1. The molecule has 0 N–H and O–H groups in total. The molecule has 0 aliphatic rings. The van der Waals surface area contributed by atoms with Crippen molar-refractivity contribution < 1.29 is 26.5 Å². The van der Waals surface area contributed by atoms with E-state index < -0.39 is 15.9 Å². The minimum Gasteiger partial charge on any atom is -0.489 e. The minimum atomic E-state index is -3.49. The zero-order chi connectivity index (χ0) is 15.2. The highest BCUT2D eigenvalue weighted by Crippen LogP contribution is 2.28. The van der Waals surface area contributed by atoms with Gasteiger partial charge in [-0.05, 0) is 18.1 Å². The number of ether oxygens (including phenoxy) is 2. The molecule has 0 radical (unpaired) electrons. The number of hydrogen-bond acceptors (Lipinski definition) is 5. The Hall–Kier alpha value is -1.34. The molecule has 114 valence electrons. The zero-order valence-corrected chi connectivity index (χ0v) is 12.6. The summed E-state index contributed by atoms with van der Waals surface area (Å²) in [7, 11) is -3.49. The van der Waals surface area contributed by atoms with Gasteiger partial charge in [0.05, 0.1) is 12.9 Å². The highest BCUT2D eigenvalue weighted by Gasteiger charge is 2.09. The van der Waals surface area contributed by atoms with Crippen LogP contribution in [-0.2, 0) is 14.3 Å². The van der Waals surface area contributed by atoms with Gasteiger partial charge in [0, 0.05) is 6.07 Å². The summed E-state index contributed by atoms with van der Waals surface area (Å²) in [5, 5.41) is 0. The molecule has 0 fully saturated rings. The number of halogens is 1. The number of rotatable bonds is 8. The van der Waals surface area contributed by atoms with Crippen molar-refractivity contribution in [2.75, 3.05) is 26.1 Å². The molecule has 0 saturated heterocycles. The summed E-state index contributed by atoms with van der Waals surface area (Å²) in [4.78, 5) is 0. The molecule has 0 unspecified atom stereocenters. The second-order valence-electron chi connectivity index (χ2n) is 4.67. The van der Waals surface area contributed by atoms with Crippen LogP contribution in [0.3, 0.4) is 0 Å². The Balaban J connectivity index is 2.59. The molecule has 0 spiro atoms. The van der Waals surface area contributed by atoms with Gasteiger partial charge in [-0.2, -0.15) is 8.42 Å². The van der Waals surface area contributed by atoms with Crippen LogP contribution in [0.5, 0.6) is 11.5 Å². The highest BCUT2D eigenvalue weighted by atomic mass is 32.2. The molecular weight excluding hydrogens is 287 g/mol. The summed E-state index contributed by atoms with van der Waals surface area (Å²) < 4.78 is 50.1. The van der Waals surface area contributed by atoms with Crippen LogP contribution < -0.4 is 9.47 Å². The van der Waals surface area contributed by atoms with Gasteiger partial charge < -0.3 is 9.47 Å². The first-order valence-corrected chi connectivity index (χ1v) is 7.99. The zero-order valence-electron chi connectivity index (χ0n) is 11.8. The van der Waals surface area contributed by atoms with Crippen molar-refractivity contribution in [2.45, 2.75) is 13.8 Å². The molecule has 0 saturated carbocycles. The van der Waals surface area contributed by atoms with Gasteiger partial charge in [0.1, 0.15) is 19.0 Å². The van der Waals surface area contributed by atoms with Crippen LogP contribution in [0.15, 0.2) is 18.2 Å². The first-order valence-electron chi connectivity index (χ1n) is 6.17. The molecule has 0 aliphatic heterocycles. The summed E-state index contributed by atoms with van der Waals surface area (Å²) in [5.41, 5.74) is 0. The first kappa shape index (κ1) is 16.7. The molecule has 0 amide bonds. The van der Waals surface area contributed by atoms with Gasteiger partial charge >= 0.3 is 0 Å². The van der Waals surface area contributed by atoms with E-state index in [0.717, 1.165) is 6.26 Å². The summed E-state index contributed by atoms with van der Waals surface area (Å²) in [5.74, 6) is 0.505. The predicted octanol–water partition coefficient (Wildman–Crippen LogP) is 2.22. The van der Waals surface area contributed by atoms with E-state index in [0.29, 0.717) is 18.3 Å². The van der Waals surface area contributed by atoms with Gasteiger partial charge in [-0.15, -0.1) is 0 Å². The monoisotopic (exact) mass is 306 g/mol. The van der Waals surface area contributed by atoms with E-state index >= 15 is 0 Å². The summed E-state index contributed by atoms with van der Waals surface area (Å²) in [6.45, 7) is 4.29. The van der Waals surface area contributed by atoms with E-state index in [-0.39, 0.29) is 19.0 Å². The minimum absolute atomic E-state index is 0.0245. The van der Waals surface area contributed by atoms with Crippen molar-refractivity contribution in [1.29, 1.82) is 0 Å². The van der Waals surface area contributed by atoms with Crippen LogP contribution in [0.1, 0.15) is 13.8 Å². The summed E-state index contributed by atoms with van der Waals surface area (Å²) in [6.07, 6.45) is 0.960. The van der Waals surface area contributed by atoms with Crippen LogP contribution in [0.25, 0.3) is 0 Å². The van der Waals surface area contributed by atoms with Gasteiger partial charge in [0.15, 0.2) is 11.5 Å². The lowest BCUT2D eigenvalue weighted by atomic mass is 10.2. The molecular formula is C13H19FO5S. The van der Waals surface area contributed by atoms with E-state index in [2.05, 4.69) is 4.18 Å². The molecule has 0 aromatic heterocycles. The van der Waals surface area contributed by atoms with Gasteiger partial charge in [-0.3, -0.25) is 4.18 Å². The second kappa shape index (κ2) is 7.44. The summed E-state index contributed by atoms with van der Waals surface area (Å²) in [6, 6.07) is 3.91. The van der Waals surface area contributed by atoms with E-state index in [1.807, 2.05) is 13.8 Å². The fraction of sp³-hybridized carbons (Fsp3) is 0.538. The predicted molar refractivity (Wildman–Crippen MR) is 73.0 cm³/mol. The Morgan fingerprint density at radius 3 is 2.45 bits per heavy atom. The van der Waals surface area contributed by atoms with Crippen molar-refractivity contribution in [3.05, 3.63) is 24.0 Å². The standard InChI is InChI=1S/C13H19FO5S/c1-10(2)9-18-13-8-11(14)4-5-12(13)17-6-7-19-20(3,15)16/h4-5,8,10H,6-7,9H2,1-3H3. The van der Waals surface area contributed by atoms with Crippen molar-refractivity contribution in [2.24, 2.45) is 5.92 Å². The lowest BCUT2D eigenvalue weighted by Gasteiger charge is -2.14. The maximum Gasteiger partial charge on any atom is 0.264 e. The Morgan fingerprint density at radius 1 is 1.15 bits per heavy atom. The van der Waals surface area contributed by atoms with Crippen LogP contribution in [0, 0.1) is 11.7 Å². The molecule has 0 bridgehead atoms. The molecule has 0 aliphatic carbocycles. The first-order chi connectivity index (χ1) is 9.28. The van der Waals surface area contributed by atoms with Crippen molar-refractivity contribution in [3.8, 4) is 11.5 Å². The third kappa shape index (κ3) is 6.72. The molecule has 20 heavy (non-hydrogen) atoms. The molecule has 5 nitrogen and oxygen atoms in total. The van der Waals surface area contributed by atoms with Gasteiger partial charge in [0.2, 0.25) is 0 Å².